The highest BCUT2D eigenvalue weighted by Gasteiger charge is 2.33. The van der Waals surface area contributed by atoms with E-state index in [1.54, 1.807) is 6.92 Å². The van der Waals surface area contributed by atoms with Crippen molar-refractivity contribution in [2.75, 3.05) is 13.1 Å². The fourth-order valence-electron chi connectivity index (χ4n) is 2.02. The Morgan fingerprint density at radius 3 is 2.67 bits per heavy atom. The second-order valence-electron chi connectivity index (χ2n) is 4.66. The number of aryl methyl sites for hydroxylation is 1. The van der Waals surface area contributed by atoms with Gasteiger partial charge in [0.2, 0.25) is 10.0 Å². The van der Waals surface area contributed by atoms with Crippen molar-refractivity contribution in [3.63, 3.8) is 0 Å². The van der Waals surface area contributed by atoms with E-state index in [1.807, 2.05) is 6.92 Å². The number of nitrogens with zero attached hydrogens (tertiary/aromatic N) is 2. The van der Waals surface area contributed by atoms with Crippen molar-refractivity contribution in [3.8, 4) is 0 Å². The third-order valence-corrected chi connectivity index (χ3v) is 5.60. The van der Waals surface area contributed by atoms with Crippen molar-refractivity contribution < 1.29 is 8.42 Å². The monoisotopic (exact) mass is 291 g/mol. The topological polar surface area (TPSA) is 66.1 Å². The molecule has 0 spiro atoms. The van der Waals surface area contributed by atoms with Gasteiger partial charge in [-0.2, -0.15) is 9.40 Å². The van der Waals surface area contributed by atoms with E-state index in [0.717, 1.165) is 12.8 Å². The van der Waals surface area contributed by atoms with E-state index in [4.69, 9.17) is 11.6 Å². The summed E-state index contributed by atoms with van der Waals surface area (Å²) < 4.78 is 26.7. The summed E-state index contributed by atoms with van der Waals surface area (Å²) in [7, 11) is -3.48. The highest BCUT2D eigenvalue weighted by Crippen LogP contribution is 2.32. The van der Waals surface area contributed by atoms with Gasteiger partial charge in [-0.3, -0.25) is 5.10 Å². The Morgan fingerprint density at radius 1 is 1.50 bits per heavy atom. The van der Waals surface area contributed by atoms with E-state index in [-0.39, 0.29) is 10.8 Å². The molecule has 2 rings (SSSR count). The van der Waals surface area contributed by atoms with Gasteiger partial charge >= 0.3 is 0 Å². The molecular weight excluding hydrogens is 274 g/mol. The van der Waals surface area contributed by atoms with Crippen molar-refractivity contribution in [1.82, 2.24) is 14.5 Å². The molecule has 1 N–H and O–H groups in total. The second kappa shape index (κ2) is 5.19. The average Bonchev–Trinajstić information content (AvgIpc) is 3.07. The van der Waals surface area contributed by atoms with E-state index >= 15 is 0 Å². The summed E-state index contributed by atoms with van der Waals surface area (Å²) in [4.78, 5) is 0.250. The van der Waals surface area contributed by atoms with E-state index in [9.17, 15) is 8.42 Å². The molecule has 0 atom stereocenters. The van der Waals surface area contributed by atoms with Crippen LogP contribution in [0.4, 0.5) is 0 Å². The fraction of sp³-hybridized carbons (Fsp3) is 0.727. The standard InChI is InChI=1S/C11H18ClN3O2S/c1-3-15(7-9-4-5-9)18(16,17)11-8(2)13-14-10(11)6-12/h9H,3-7H2,1-2H3,(H,13,14). The number of hydrogen-bond donors (Lipinski definition) is 1. The number of aromatic nitrogens is 2. The van der Waals surface area contributed by atoms with Crippen LogP contribution < -0.4 is 0 Å². The normalized spacial score (nSPS) is 16.4. The summed E-state index contributed by atoms with van der Waals surface area (Å²) >= 11 is 5.75. The lowest BCUT2D eigenvalue weighted by Crippen LogP contribution is -2.33. The average molecular weight is 292 g/mol. The lowest BCUT2D eigenvalue weighted by atomic mass is 10.4. The van der Waals surface area contributed by atoms with Crippen LogP contribution in [0, 0.1) is 12.8 Å². The molecule has 0 unspecified atom stereocenters. The minimum absolute atomic E-state index is 0.0971. The fourth-order valence-corrected chi connectivity index (χ4v) is 4.14. The van der Waals surface area contributed by atoms with Crippen molar-refractivity contribution in [1.29, 1.82) is 0 Å². The molecule has 0 amide bonds. The molecule has 5 nitrogen and oxygen atoms in total. The van der Waals surface area contributed by atoms with Crippen molar-refractivity contribution in [2.24, 2.45) is 5.92 Å². The zero-order chi connectivity index (χ0) is 13.3. The molecule has 7 heteroatoms. The maximum atomic E-state index is 12.6. The molecule has 1 heterocycles. The smallest absolute Gasteiger partial charge is 0.246 e. The van der Waals surface area contributed by atoms with Gasteiger partial charge in [0, 0.05) is 13.1 Å². The third kappa shape index (κ3) is 2.55. The predicted octanol–water partition coefficient (Wildman–Crippen LogP) is 1.88. The third-order valence-electron chi connectivity index (χ3n) is 3.20. The van der Waals surface area contributed by atoms with E-state index in [2.05, 4.69) is 10.2 Å². The summed E-state index contributed by atoms with van der Waals surface area (Å²) in [5.41, 5.74) is 0.961. The van der Waals surface area contributed by atoms with E-state index in [0.29, 0.717) is 30.4 Å². The first-order chi connectivity index (χ1) is 8.50. The molecule has 0 radical (unpaired) electrons. The number of nitrogens with one attached hydrogen (secondary N) is 1. The molecule has 1 aliphatic carbocycles. The van der Waals surface area contributed by atoms with Crippen LogP contribution in [0.1, 0.15) is 31.2 Å². The number of rotatable bonds is 6. The zero-order valence-electron chi connectivity index (χ0n) is 10.6. The van der Waals surface area contributed by atoms with Crippen LogP contribution in [0.3, 0.4) is 0 Å². The first-order valence-electron chi connectivity index (χ1n) is 6.10. The Morgan fingerprint density at radius 2 is 2.17 bits per heavy atom. The maximum Gasteiger partial charge on any atom is 0.246 e. The Kier molecular flexibility index (Phi) is 3.99. The van der Waals surface area contributed by atoms with Crippen molar-refractivity contribution >= 4 is 21.6 Å². The minimum Gasteiger partial charge on any atom is -0.281 e. The number of sulfonamides is 1. The predicted molar refractivity (Wildman–Crippen MR) is 70.0 cm³/mol. The van der Waals surface area contributed by atoms with Crippen LogP contribution in [-0.4, -0.2) is 36.0 Å². The molecule has 1 aromatic heterocycles. The molecular formula is C11H18ClN3O2S. The molecule has 0 aliphatic heterocycles. The van der Waals surface area contributed by atoms with Crippen LogP contribution in [0.5, 0.6) is 0 Å². The Labute approximate surface area is 113 Å². The van der Waals surface area contributed by atoms with Crippen LogP contribution >= 0.6 is 11.6 Å². The number of hydrogen-bond acceptors (Lipinski definition) is 3. The van der Waals surface area contributed by atoms with Gasteiger partial charge in [0.25, 0.3) is 0 Å². The first kappa shape index (κ1) is 13.8. The lowest BCUT2D eigenvalue weighted by molar-refractivity contribution is 0.411. The van der Waals surface area contributed by atoms with Gasteiger partial charge in [0.15, 0.2) is 0 Å². The van der Waals surface area contributed by atoms with E-state index in [1.165, 1.54) is 4.31 Å². The molecule has 1 aromatic rings. The van der Waals surface area contributed by atoms with Crippen LogP contribution in [-0.2, 0) is 15.9 Å². The Balaban J connectivity index is 2.35. The van der Waals surface area contributed by atoms with E-state index < -0.39 is 10.0 Å². The molecule has 0 bridgehead atoms. The van der Waals surface area contributed by atoms with Gasteiger partial charge in [-0.15, -0.1) is 11.6 Å². The SMILES string of the molecule is CCN(CC1CC1)S(=O)(=O)c1c(CCl)n[nH]c1C. The van der Waals surface area contributed by atoms with Crippen LogP contribution in [0.25, 0.3) is 0 Å². The Bertz CT molecular complexity index is 522. The number of halogens is 1. The number of alkyl halides is 1. The quantitative estimate of drug-likeness (QED) is 0.814. The van der Waals surface area contributed by atoms with Crippen molar-refractivity contribution in [3.05, 3.63) is 11.4 Å². The second-order valence-corrected chi connectivity index (χ2v) is 6.80. The Hall–Kier alpha value is -0.590. The molecule has 1 saturated carbocycles. The summed E-state index contributed by atoms with van der Waals surface area (Å²) in [6.07, 6.45) is 2.25. The first-order valence-corrected chi connectivity index (χ1v) is 8.08. The van der Waals surface area contributed by atoms with Gasteiger partial charge < -0.3 is 0 Å². The largest absolute Gasteiger partial charge is 0.281 e. The lowest BCUT2D eigenvalue weighted by Gasteiger charge is -2.20. The van der Waals surface area contributed by atoms with Gasteiger partial charge in [0.05, 0.1) is 17.3 Å². The van der Waals surface area contributed by atoms with Gasteiger partial charge in [0.1, 0.15) is 4.90 Å². The summed E-state index contributed by atoms with van der Waals surface area (Å²) in [5.74, 6) is 0.617. The number of H-pyrrole nitrogens is 1. The molecule has 1 fully saturated rings. The zero-order valence-corrected chi connectivity index (χ0v) is 12.2. The molecule has 0 saturated heterocycles. The maximum absolute atomic E-state index is 12.6. The molecule has 1 aliphatic rings. The molecule has 102 valence electrons. The minimum atomic E-state index is -3.48. The molecule has 0 aromatic carbocycles. The van der Waals surface area contributed by atoms with Gasteiger partial charge in [-0.1, -0.05) is 6.92 Å². The van der Waals surface area contributed by atoms with Crippen LogP contribution in [0.15, 0.2) is 4.90 Å². The molecule has 18 heavy (non-hydrogen) atoms. The highest BCUT2D eigenvalue weighted by atomic mass is 35.5. The van der Waals surface area contributed by atoms with Gasteiger partial charge in [-0.25, -0.2) is 8.42 Å². The number of aromatic amines is 1. The summed E-state index contributed by atoms with van der Waals surface area (Å²) in [6, 6.07) is 0. The van der Waals surface area contributed by atoms with Crippen LogP contribution in [0.2, 0.25) is 0 Å². The highest BCUT2D eigenvalue weighted by molar-refractivity contribution is 7.89. The van der Waals surface area contributed by atoms with Crippen molar-refractivity contribution in [2.45, 2.75) is 37.5 Å². The summed E-state index contributed by atoms with van der Waals surface area (Å²) in [5, 5.41) is 6.65. The summed E-state index contributed by atoms with van der Waals surface area (Å²) in [6.45, 7) is 4.65. The van der Waals surface area contributed by atoms with Gasteiger partial charge in [-0.05, 0) is 25.7 Å².